The molecule has 3 N–H and O–H groups in total. The zero-order chi connectivity index (χ0) is 13.9. The average molecular weight is 284 g/mol. The number of anilines is 1. The number of nitrogens with two attached hydrogens (primary N) is 1. The smallest absolute Gasteiger partial charge is 0.138 e. The van der Waals surface area contributed by atoms with E-state index in [1.807, 2.05) is 0 Å². The number of nitrogens with zero attached hydrogens (tertiary/aromatic N) is 2. The highest BCUT2D eigenvalue weighted by Crippen LogP contribution is 2.27. The van der Waals surface area contributed by atoms with Crippen molar-refractivity contribution in [2.24, 2.45) is 5.73 Å². The largest absolute Gasteiger partial charge is 0.365 e. The fourth-order valence-corrected chi connectivity index (χ4v) is 2.94. The summed E-state index contributed by atoms with van der Waals surface area (Å²) in [6, 6.07) is 10.4. The predicted octanol–water partition coefficient (Wildman–Crippen LogP) is 3.07. The Morgan fingerprint density at radius 3 is 2.65 bits per heavy atom. The van der Waals surface area contributed by atoms with Gasteiger partial charge in [0.2, 0.25) is 0 Å². The van der Waals surface area contributed by atoms with Crippen molar-refractivity contribution in [1.82, 2.24) is 9.97 Å². The third-order valence-corrected chi connectivity index (χ3v) is 4.13. The quantitative estimate of drug-likeness (QED) is 0.773. The Kier molecular flexibility index (Phi) is 3.62. The van der Waals surface area contributed by atoms with Crippen LogP contribution in [-0.2, 0) is 13.1 Å². The van der Waals surface area contributed by atoms with Crippen molar-refractivity contribution in [2.45, 2.75) is 20.0 Å². The van der Waals surface area contributed by atoms with E-state index in [0.29, 0.717) is 6.54 Å². The van der Waals surface area contributed by atoms with Gasteiger partial charge < -0.3 is 11.1 Å². The van der Waals surface area contributed by atoms with Crippen LogP contribution in [0.1, 0.15) is 16.0 Å². The molecule has 0 aliphatic rings. The molecule has 0 aliphatic heterocycles. The molecule has 0 saturated heterocycles. The maximum atomic E-state index is 5.60. The lowest BCUT2D eigenvalue weighted by atomic mass is 10.1. The minimum Gasteiger partial charge on any atom is -0.365 e. The van der Waals surface area contributed by atoms with Gasteiger partial charge in [0.05, 0.1) is 5.39 Å². The Bertz CT molecular complexity index is 718. The number of benzene rings is 1. The molecule has 102 valence electrons. The molecule has 3 aromatic rings. The van der Waals surface area contributed by atoms with Crippen LogP contribution in [0, 0.1) is 6.92 Å². The Labute approximate surface area is 121 Å². The summed E-state index contributed by atoms with van der Waals surface area (Å²) in [6.45, 7) is 3.40. The number of hydrogen-bond acceptors (Lipinski definition) is 5. The highest BCUT2D eigenvalue weighted by molar-refractivity contribution is 7.18. The molecule has 2 heterocycles. The van der Waals surface area contributed by atoms with E-state index in [1.165, 1.54) is 10.4 Å². The zero-order valence-corrected chi connectivity index (χ0v) is 12.1. The first kappa shape index (κ1) is 13.0. The van der Waals surface area contributed by atoms with Crippen molar-refractivity contribution in [3.8, 4) is 0 Å². The van der Waals surface area contributed by atoms with Crippen molar-refractivity contribution in [2.75, 3.05) is 5.32 Å². The molecule has 3 rings (SSSR count). The first-order valence-corrected chi connectivity index (χ1v) is 7.31. The number of hydrogen-bond donors (Lipinski definition) is 2. The molecule has 0 bridgehead atoms. The second kappa shape index (κ2) is 5.56. The minimum atomic E-state index is 0.578. The van der Waals surface area contributed by atoms with Crippen LogP contribution >= 0.6 is 11.3 Å². The van der Waals surface area contributed by atoms with Gasteiger partial charge in [-0.15, -0.1) is 11.3 Å². The third-order valence-electron chi connectivity index (χ3n) is 3.17. The summed E-state index contributed by atoms with van der Waals surface area (Å²) >= 11 is 1.69. The van der Waals surface area contributed by atoms with Crippen molar-refractivity contribution < 1.29 is 0 Å². The van der Waals surface area contributed by atoms with Crippen LogP contribution in [0.3, 0.4) is 0 Å². The van der Waals surface area contributed by atoms with Gasteiger partial charge in [0.1, 0.15) is 17.0 Å². The Morgan fingerprint density at radius 1 is 1.15 bits per heavy atom. The van der Waals surface area contributed by atoms with Crippen LogP contribution in [0.25, 0.3) is 10.2 Å². The molecule has 4 nitrogen and oxygen atoms in total. The zero-order valence-electron chi connectivity index (χ0n) is 11.3. The van der Waals surface area contributed by atoms with Gasteiger partial charge in [-0.05, 0) is 24.1 Å². The number of fused-ring (bicyclic) bond motifs is 1. The van der Waals surface area contributed by atoms with Crippen LogP contribution in [-0.4, -0.2) is 9.97 Å². The number of rotatable bonds is 4. The highest BCUT2D eigenvalue weighted by Gasteiger charge is 2.06. The monoisotopic (exact) mass is 284 g/mol. The lowest BCUT2D eigenvalue weighted by Gasteiger charge is -2.07. The highest BCUT2D eigenvalue weighted by atomic mass is 32.1. The fraction of sp³-hybridized carbons (Fsp3) is 0.200. The summed E-state index contributed by atoms with van der Waals surface area (Å²) in [6.07, 6.45) is 1.61. The van der Waals surface area contributed by atoms with E-state index in [0.717, 1.165) is 28.1 Å². The molecular formula is C15H16N4S. The van der Waals surface area contributed by atoms with Crippen LogP contribution in [0.2, 0.25) is 0 Å². The maximum Gasteiger partial charge on any atom is 0.138 e. The van der Waals surface area contributed by atoms with E-state index in [9.17, 15) is 0 Å². The molecule has 1 aromatic carbocycles. The van der Waals surface area contributed by atoms with Gasteiger partial charge in [-0.25, -0.2) is 9.97 Å². The number of nitrogens with one attached hydrogen (secondary N) is 1. The first-order valence-electron chi connectivity index (χ1n) is 6.49. The third kappa shape index (κ3) is 2.64. The molecule has 0 amide bonds. The van der Waals surface area contributed by atoms with Gasteiger partial charge in [0.15, 0.2) is 0 Å². The van der Waals surface area contributed by atoms with Crippen molar-refractivity contribution in [3.05, 3.63) is 52.7 Å². The van der Waals surface area contributed by atoms with Gasteiger partial charge in [0, 0.05) is 18.0 Å². The number of aryl methyl sites for hydroxylation is 1. The summed E-state index contributed by atoms with van der Waals surface area (Å²) in [5.74, 6) is 0.891. The standard InChI is InChI=1S/C15H16N4S/c1-10-6-13-14(18-9-19-15(13)20-10)17-8-12-4-2-11(7-16)3-5-12/h2-6,9H,7-8,16H2,1H3,(H,17,18,19). The van der Waals surface area contributed by atoms with Crippen LogP contribution in [0.4, 0.5) is 5.82 Å². The molecule has 0 radical (unpaired) electrons. The lowest BCUT2D eigenvalue weighted by Crippen LogP contribution is -2.02. The van der Waals surface area contributed by atoms with E-state index in [-0.39, 0.29) is 0 Å². The van der Waals surface area contributed by atoms with E-state index < -0.39 is 0 Å². The number of thiophene rings is 1. The minimum absolute atomic E-state index is 0.578. The molecule has 0 saturated carbocycles. The second-order valence-corrected chi connectivity index (χ2v) is 5.91. The van der Waals surface area contributed by atoms with E-state index in [4.69, 9.17) is 5.73 Å². The second-order valence-electron chi connectivity index (χ2n) is 4.67. The maximum absolute atomic E-state index is 5.60. The molecule has 0 spiro atoms. The van der Waals surface area contributed by atoms with Crippen LogP contribution < -0.4 is 11.1 Å². The summed E-state index contributed by atoms with van der Waals surface area (Å²) in [7, 11) is 0. The molecule has 0 aliphatic carbocycles. The SMILES string of the molecule is Cc1cc2c(NCc3ccc(CN)cc3)ncnc2s1. The van der Waals surface area contributed by atoms with Gasteiger partial charge >= 0.3 is 0 Å². The molecule has 0 fully saturated rings. The first-order chi connectivity index (χ1) is 9.76. The Morgan fingerprint density at radius 2 is 1.90 bits per heavy atom. The predicted molar refractivity (Wildman–Crippen MR) is 83.8 cm³/mol. The molecule has 5 heteroatoms. The molecular weight excluding hydrogens is 268 g/mol. The molecule has 20 heavy (non-hydrogen) atoms. The van der Waals surface area contributed by atoms with Crippen LogP contribution in [0.5, 0.6) is 0 Å². The van der Waals surface area contributed by atoms with E-state index in [2.05, 4.69) is 52.5 Å². The van der Waals surface area contributed by atoms with Crippen molar-refractivity contribution in [3.63, 3.8) is 0 Å². The normalized spacial score (nSPS) is 10.9. The van der Waals surface area contributed by atoms with Gasteiger partial charge in [-0.3, -0.25) is 0 Å². The van der Waals surface area contributed by atoms with E-state index in [1.54, 1.807) is 17.7 Å². The van der Waals surface area contributed by atoms with Crippen molar-refractivity contribution >= 4 is 27.4 Å². The topological polar surface area (TPSA) is 63.8 Å². The Hall–Kier alpha value is -1.98. The summed E-state index contributed by atoms with van der Waals surface area (Å²) < 4.78 is 0. The molecule has 0 atom stereocenters. The fourth-order valence-electron chi connectivity index (χ4n) is 2.10. The van der Waals surface area contributed by atoms with E-state index >= 15 is 0 Å². The van der Waals surface area contributed by atoms with Crippen molar-refractivity contribution in [1.29, 1.82) is 0 Å². The number of aromatic nitrogens is 2. The summed E-state index contributed by atoms with van der Waals surface area (Å²) in [5.41, 5.74) is 7.95. The summed E-state index contributed by atoms with van der Waals surface area (Å²) in [5, 5.41) is 4.47. The van der Waals surface area contributed by atoms with Gasteiger partial charge in [-0.2, -0.15) is 0 Å². The lowest BCUT2D eigenvalue weighted by molar-refractivity contribution is 1.05. The molecule has 0 unspecified atom stereocenters. The summed E-state index contributed by atoms with van der Waals surface area (Å²) in [4.78, 5) is 10.9. The Balaban J connectivity index is 1.79. The van der Waals surface area contributed by atoms with Crippen LogP contribution in [0.15, 0.2) is 36.7 Å². The van der Waals surface area contributed by atoms with Gasteiger partial charge in [0.25, 0.3) is 0 Å². The molecule has 2 aromatic heterocycles. The van der Waals surface area contributed by atoms with Gasteiger partial charge in [-0.1, -0.05) is 24.3 Å². The average Bonchev–Trinajstić information content (AvgIpc) is 2.86.